The van der Waals surface area contributed by atoms with Crippen molar-refractivity contribution in [2.75, 3.05) is 0 Å². The maximum absolute atomic E-state index is 6.53. The van der Waals surface area contributed by atoms with Gasteiger partial charge in [-0.15, -0.1) is 6.58 Å². The van der Waals surface area contributed by atoms with Crippen molar-refractivity contribution in [3.63, 3.8) is 0 Å². The summed E-state index contributed by atoms with van der Waals surface area (Å²) in [6.45, 7) is 17.8. The van der Waals surface area contributed by atoms with Crippen molar-refractivity contribution < 1.29 is 4.12 Å². The highest BCUT2D eigenvalue weighted by molar-refractivity contribution is 6.87. The summed E-state index contributed by atoms with van der Waals surface area (Å²) in [6, 6.07) is 0. The van der Waals surface area contributed by atoms with E-state index in [4.69, 9.17) is 4.12 Å². The summed E-state index contributed by atoms with van der Waals surface area (Å²) in [5.41, 5.74) is 6.06. The molecule has 1 rings (SSSR count). The van der Waals surface area contributed by atoms with E-state index in [2.05, 4.69) is 52.3 Å². The van der Waals surface area contributed by atoms with Gasteiger partial charge in [-0.05, 0) is 64.8 Å². The molecule has 3 heteroatoms. The molecule has 1 unspecified atom stereocenters. The Morgan fingerprint density at radius 2 is 1.76 bits per heavy atom. The average molecular weight is 269 g/mol. The van der Waals surface area contributed by atoms with Crippen LogP contribution >= 0.6 is 0 Å². The van der Waals surface area contributed by atoms with Crippen molar-refractivity contribution in [1.82, 2.24) is 0 Å². The minimum Gasteiger partial charge on any atom is -0.452 e. The molecule has 1 nitrogen and oxygen atoms in total. The van der Waals surface area contributed by atoms with Crippen molar-refractivity contribution >= 4 is 16.6 Å². The highest BCUT2D eigenvalue weighted by Gasteiger charge is 2.39. The van der Waals surface area contributed by atoms with Crippen LogP contribution in [0, 0.1) is 0 Å². The molecule has 0 heterocycles. The van der Waals surface area contributed by atoms with Crippen LogP contribution < -0.4 is 0 Å². The predicted octanol–water partition coefficient (Wildman–Crippen LogP) is 5.03. The Hall–Kier alpha value is -0.126. The third-order valence-electron chi connectivity index (χ3n) is 4.15. The Bertz CT molecular complexity index is 329. The maximum Gasteiger partial charge on any atom is 0.197 e. The van der Waals surface area contributed by atoms with Gasteiger partial charge >= 0.3 is 0 Å². The summed E-state index contributed by atoms with van der Waals surface area (Å²) in [5.74, 6) is 0. The molecule has 98 valence electrons. The molecule has 0 aromatic carbocycles. The lowest BCUT2D eigenvalue weighted by Gasteiger charge is -2.40. The molecule has 1 atom stereocenters. The molecule has 0 spiro atoms. The van der Waals surface area contributed by atoms with Crippen LogP contribution in [0.15, 0.2) is 23.4 Å². The van der Waals surface area contributed by atoms with Gasteiger partial charge in [-0.3, -0.25) is 0 Å². The second-order valence-corrected chi connectivity index (χ2v) is 15.0. The highest BCUT2D eigenvalue weighted by Crippen LogP contribution is 2.41. The number of hydrogen-bond donors (Lipinski definition) is 0. The van der Waals surface area contributed by atoms with Crippen molar-refractivity contribution in [2.24, 2.45) is 0 Å². The van der Waals surface area contributed by atoms with Crippen LogP contribution in [0.1, 0.15) is 33.1 Å². The molecule has 0 amide bonds. The van der Waals surface area contributed by atoms with E-state index in [-0.39, 0.29) is 0 Å². The summed E-state index contributed by atoms with van der Waals surface area (Å²) < 4.78 is 6.53. The first-order valence-corrected chi connectivity index (χ1v) is 12.6. The Labute approximate surface area is 109 Å². The SMILES string of the molecule is C=C[Si](C)(C)O[Si](C)(C)C1CCC(C)=C(C)C1. The van der Waals surface area contributed by atoms with Gasteiger partial charge in [-0.2, -0.15) is 0 Å². The molecule has 0 aromatic rings. The minimum atomic E-state index is -1.63. The second kappa shape index (κ2) is 5.25. The van der Waals surface area contributed by atoms with Crippen LogP contribution in [0.5, 0.6) is 0 Å². The molecule has 0 aliphatic heterocycles. The zero-order valence-corrected chi connectivity index (χ0v) is 14.4. The molecule has 0 N–H and O–H groups in total. The first-order valence-electron chi connectivity index (χ1n) is 6.67. The van der Waals surface area contributed by atoms with Crippen LogP contribution in [0.25, 0.3) is 0 Å². The van der Waals surface area contributed by atoms with Crippen molar-refractivity contribution in [3.05, 3.63) is 23.4 Å². The van der Waals surface area contributed by atoms with E-state index < -0.39 is 16.6 Å². The van der Waals surface area contributed by atoms with Gasteiger partial charge in [0.25, 0.3) is 0 Å². The summed E-state index contributed by atoms with van der Waals surface area (Å²) in [4.78, 5) is 0. The molecular formula is C14H28OSi2. The summed E-state index contributed by atoms with van der Waals surface area (Å²) in [7, 11) is -3.20. The quantitative estimate of drug-likeness (QED) is 0.513. The predicted molar refractivity (Wildman–Crippen MR) is 82.2 cm³/mol. The van der Waals surface area contributed by atoms with Crippen LogP contribution in [-0.4, -0.2) is 16.6 Å². The van der Waals surface area contributed by atoms with Gasteiger partial charge < -0.3 is 4.12 Å². The highest BCUT2D eigenvalue weighted by atomic mass is 28.4. The van der Waals surface area contributed by atoms with Crippen molar-refractivity contribution in [2.45, 2.75) is 64.8 Å². The maximum atomic E-state index is 6.53. The topological polar surface area (TPSA) is 9.23 Å². The molecule has 1 aliphatic rings. The molecule has 0 fully saturated rings. The summed E-state index contributed by atoms with van der Waals surface area (Å²) in [6.07, 6.45) is 3.85. The third kappa shape index (κ3) is 3.93. The molecule has 17 heavy (non-hydrogen) atoms. The van der Waals surface area contributed by atoms with E-state index >= 15 is 0 Å². The smallest absolute Gasteiger partial charge is 0.197 e. The molecule has 0 saturated heterocycles. The number of hydrogen-bond acceptors (Lipinski definition) is 1. The fraction of sp³-hybridized carbons (Fsp3) is 0.714. The largest absolute Gasteiger partial charge is 0.452 e. The van der Waals surface area contributed by atoms with E-state index in [0.717, 1.165) is 5.54 Å². The van der Waals surface area contributed by atoms with Crippen LogP contribution in [-0.2, 0) is 4.12 Å². The Balaban J connectivity index is 2.76. The molecule has 0 aromatic heterocycles. The molecule has 0 radical (unpaired) electrons. The third-order valence-corrected chi connectivity index (χ3v) is 11.8. The van der Waals surface area contributed by atoms with Gasteiger partial charge in [0.1, 0.15) is 0 Å². The van der Waals surface area contributed by atoms with E-state index in [1.807, 2.05) is 0 Å². The minimum absolute atomic E-state index is 0.790. The van der Waals surface area contributed by atoms with Crippen LogP contribution in [0.2, 0.25) is 31.7 Å². The van der Waals surface area contributed by atoms with Gasteiger partial charge in [-0.1, -0.05) is 16.8 Å². The lowest BCUT2D eigenvalue weighted by Crippen LogP contribution is -2.47. The molecular weight excluding hydrogens is 240 g/mol. The van der Waals surface area contributed by atoms with E-state index in [9.17, 15) is 0 Å². The van der Waals surface area contributed by atoms with Crippen molar-refractivity contribution in [1.29, 1.82) is 0 Å². The van der Waals surface area contributed by atoms with Gasteiger partial charge in [0.05, 0.1) is 0 Å². The zero-order valence-electron chi connectivity index (χ0n) is 12.4. The molecule has 1 aliphatic carbocycles. The first-order chi connectivity index (χ1) is 7.68. The fourth-order valence-electron chi connectivity index (χ4n) is 2.65. The monoisotopic (exact) mass is 268 g/mol. The first kappa shape index (κ1) is 14.9. The van der Waals surface area contributed by atoms with E-state index in [1.165, 1.54) is 19.3 Å². The van der Waals surface area contributed by atoms with Crippen LogP contribution in [0.3, 0.4) is 0 Å². The summed E-state index contributed by atoms with van der Waals surface area (Å²) >= 11 is 0. The van der Waals surface area contributed by atoms with E-state index in [0.29, 0.717) is 0 Å². The zero-order chi connectivity index (χ0) is 13.3. The molecule has 0 bridgehead atoms. The fourth-order valence-corrected chi connectivity index (χ4v) is 10.7. The lowest BCUT2D eigenvalue weighted by molar-refractivity contribution is 0.502. The Morgan fingerprint density at radius 1 is 1.18 bits per heavy atom. The van der Waals surface area contributed by atoms with Gasteiger partial charge in [0, 0.05) is 0 Å². The number of rotatable bonds is 4. The standard InChI is InChI=1S/C14H28OSi2/c1-8-16(4,5)15-17(6,7)14-10-9-12(2)13(3)11-14/h8,14H,1,9-11H2,2-7H3. The van der Waals surface area contributed by atoms with Gasteiger partial charge in [0.2, 0.25) is 0 Å². The normalized spacial score (nSPS) is 22.8. The van der Waals surface area contributed by atoms with Gasteiger partial charge in [0.15, 0.2) is 16.6 Å². The lowest BCUT2D eigenvalue weighted by atomic mass is 9.93. The Morgan fingerprint density at radius 3 is 2.24 bits per heavy atom. The second-order valence-electron chi connectivity index (χ2n) is 6.51. The van der Waals surface area contributed by atoms with Gasteiger partial charge in [-0.25, -0.2) is 0 Å². The summed E-state index contributed by atoms with van der Waals surface area (Å²) in [5, 5.41) is 0. The van der Waals surface area contributed by atoms with Crippen molar-refractivity contribution in [3.8, 4) is 0 Å². The average Bonchev–Trinajstić information content (AvgIpc) is 2.20. The van der Waals surface area contributed by atoms with Crippen LogP contribution in [0.4, 0.5) is 0 Å². The number of allylic oxidation sites excluding steroid dienone is 2. The molecule has 0 saturated carbocycles. The Kier molecular flexibility index (Phi) is 4.61. The van der Waals surface area contributed by atoms with E-state index in [1.54, 1.807) is 11.1 Å².